The molecule has 2 atom stereocenters. The Labute approximate surface area is 148 Å². The van der Waals surface area contributed by atoms with E-state index in [0.717, 1.165) is 25.2 Å². The van der Waals surface area contributed by atoms with Crippen molar-refractivity contribution in [2.75, 3.05) is 45.9 Å². The fourth-order valence-electron chi connectivity index (χ4n) is 3.15. The van der Waals surface area contributed by atoms with Gasteiger partial charge in [-0.3, -0.25) is 9.69 Å². The highest BCUT2D eigenvalue weighted by atomic mass is 35.5. The Bertz CT molecular complexity index is 543. The van der Waals surface area contributed by atoms with Crippen LogP contribution in [0.25, 0.3) is 0 Å². The molecule has 5 nitrogen and oxygen atoms in total. The van der Waals surface area contributed by atoms with E-state index in [4.69, 9.17) is 4.74 Å². The van der Waals surface area contributed by atoms with Crippen molar-refractivity contribution in [2.24, 2.45) is 0 Å². The minimum Gasteiger partial charge on any atom is -0.370 e. The van der Waals surface area contributed by atoms with Gasteiger partial charge in [0.1, 0.15) is 11.9 Å². The molecule has 2 saturated heterocycles. The average Bonchev–Trinajstić information content (AvgIpc) is 2.58. The highest BCUT2D eigenvalue weighted by molar-refractivity contribution is 5.85. The first-order chi connectivity index (χ1) is 11.1. The normalized spacial score (nSPS) is 25.2. The van der Waals surface area contributed by atoms with E-state index in [9.17, 15) is 9.18 Å². The molecule has 2 heterocycles. The molecule has 3 rings (SSSR count). The van der Waals surface area contributed by atoms with Gasteiger partial charge < -0.3 is 15.0 Å². The Morgan fingerprint density at radius 2 is 2.08 bits per heavy atom. The summed E-state index contributed by atoms with van der Waals surface area (Å²) >= 11 is 0. The summed E-state index contributed by atoms with van der Waals surface area (Å²) in [5.74, 6) is -0.112. The lowest BCUT2D eigenvalue weighted by molar-refractivity contribution is -0.140. The molecule has 1 aromatic carbocycles. The fourth-order valence-corrected chi connectivity index (χ4v) is 3.15. The van der Waals surface area contributed by atoms with Crippen LogP contribution in [0.15, 0.2) is 24.3 Å². The lowest BCUT2D eigenvalue weighted by atomic mass is 10.1. The molecule has 1 unspecified atom stereocenters. The Balaban J connectivity index is 0.00000208. The molecule has 24 heavy (non-hydrogen) atoms. The van der Waals surface area contributed by atoms with Crippen LogP contribution in [0.1, 0.15) is 18.6 Å². The van der Waals surface area contributed by atoms with Gasteiger partial charge in [0.25, 0.3) is 0 Å². The van der Waals surface area contributed by atoms with Gasteiger partial charge in [0.05, 0.1) is 19.7 Å². The monoisotopic (exact) mass is 357 g/mol. The Hall–Kier alpha value is -1.21. The van der Waals surface area contributed by atoms with Crippen molar-refractivity contribution in [1.29, 1.82) is 0 Å². The second kappa shape index (κ2) is 8.76. The van der Waals surface area contributed by atoms with E-state index in [-0.39, 0.29) is 30.2 Å². The first kappa shape index (κ1) is 19.1. The zero-order chi connectivity index (χ0) is 16.2. The van der Waals surface area contributed by atoms with Gasteiger partial charge in [-0.2, -0.15) is 0 Å². The van der Waals surface area contributed by atoms with Gasteiger partial charge in [0, 0.05) is 32.2 Å². The van der Waals surface area contributed by atoms with E-state index >= 15 is 0 Å². The molecule has 1 amide bonds. The Morgan fingerprint density at radius 3 is 2.79 bits per heavy atom. The number of ether oxygens (including phenoxy) is 1. The van der Waals surface area contributed by atoms with Crippen LogP contribution in [0.2, 0.25) is 0 Å². The van der Waals surface area contributed by atoms with Crippen LogP contribution in [0.5, 0.6) is 0 Å². The maximum absolute atomic E-state index is 13.0. The van der Waals surface area contributed by atoms with Crippen LogP contribution < -0.4 is 5.32 Å². The quantitative estimate of drug-likeness (QED) is 0.889. The van der Waals surface area contributed by atoms with Gasteiger partial charge in [-0.15, -0.1) is 12.4 Å². The van der Waals surface area contributed by atoms with Crippen LogP contribution >= 0.6 is 12.4 Å². The molecule has 2 aliphatic rings. The van der Waals surface area contributed by atoms with Crippen LogP contribution in [0.4, 0.5) is 4.39 Å². The minimum atomic E-state index is -0.259. The van der Waals surface area contributed by atoms with Crippen LogP contribution in [-0.2, 0) is 9.53 Å². The van der Waals surface area contributed by atoms with Gasteiger partial charge in [-0.1, -0.05) is 12.1 Å². The topological polar surface area (TPSA) is 44.8 Å². The Morgan fingerprint density at radius 1 is 1.33 bits per heavy atom. The highest BCUT2D eigenvalue weighted by Crippen LogP contribution is 2.22. The van der Waals surface area contributed by atoms with Crippen molar-refractivity contribution in [3.8, 4) is 0 Å². The van der Waals surface area contributed by atoms with Crippen LogP contribution in [0, 0.1) is 5.82 Å². The zero-order valence-electron chi connectivity index (χ0n) is 13.9. The SMILES string of the molecule is C[C@@H]1CNCCN1CC(=O)N1CCOC(c2ccc(F)cc2)C1.Cl. The number of carbonyl (C=O) groups is 1. The van der Waals surface area contributed by atoms with E-state index in [1.54, 1.807) is 12.1 Å². The third-order valence-electron chi connectivity index (χ3n) is 4.64. The largest absolute Gasteiger partial charge is 0.370 e. The number of hydrogen-bond donors (Lipinski definition) is 1. The molecule has 0 bridgehead atoms. The number of hydrogen-bond acceptors (Lipinski definition) is 4. The number of benzene rings is 1. The lowest BCUT2D eigenvalue weighted by Crippen LogP contribution is -2.54. The van der Waals surface area contributed by atoms with Gasteiger partial charge in [0.2, 0.25) is 5.91 Å². The van der Waals surface area contributed by atoms with Crippen LogP contribution in [-0.4, -0.2) is 67.6 Å². The molecule has 0 aromatic heterocycles. The lowest BCUT2D eigenvalue weighted by Gasteiger charge is -2.37. The van der Waals surface area contributed by atoms with Gasteiger partial charge in [0.15, 0.2) is 0 Å². The summed E-state index contributed by atoms with van der Waals surface area (Å²) in [6.07, 6.45) is -0.172. The average molecular weight is 358 g/mol. The second-order valence-corrected chi connectivity index (χ2v) is 6.27. The summed E-state index contributed by atoms with van der Waals surface area (Å²) in [4.78, 5) is 16.7. The first-order valence-corrected chi connectivity index (χ1v) is 8.23. The number of piperazine rings is 1. The predicted octanol–water partition coefficient (Wildman–Crippen LogP) is 1.44. The van der Waals surface area contributed by atoms with Crippen molar-refractivity contribution in [3.63, 3.8) is 0 Å². The number of nitrogens with zero attached hydrogens (tertiary/aromatic N) is 2. The summed E-state index contributed by atoms with van der Waals surface area (Å²) < 4.78 is 18.8. The molecule has 2 aliphatic heterocycles. The molecule has 134 valence electrons. The standard InChI is InChI=1S/C17H24FN3O2.ClH/c1-13-10-19-6-7-20(13)12-17(22)21-8-9-23-16(11-21)14-2-4-15(18)5-3-14;/h2-5,13,16,19H,6-12H2,1H3;1H/t13-,16?;/m1./s1. The Kier molecular flexibility index (Phi) is 6.98. The molecular weight excluding hydrogens is 333 g/mol. The van der Waals surface area contributed by atoms with Gasteiger partial charge >= 0.3 is 0 Å². The number of rotatable bonds is 3. The number of nitrogens with one attached hydrogen (secondary N) is 1. The molecule has 1 N–H and O–H groups in total. The van der Waals surface area contributed by atoms with E-state index < -0.39 is 0 Å². The summed E-state index contributed by atoms with van der Waals surface area (Å²) in [5, 5.41) is 3.33. The van der Waals surface area contributed by atoms with E-state index in [2.05, 4.69) is 17.1 Å². The molecule has 7 heteroatoms. The van der Waals surface area contributed by atoms with E-state index in [1.807, 2.05) is 4.90 Å². The zero-order valence-corrected chi connectivity index (χ0v) is 14.7. The first-order valence-electron chi connectivity index (χ1n) is 8.23. The summed E-state index contributed by atoms with van der Waals surface area (Å²) in [6, 6.07) is 6.70. The van der Waals surface area contributed by atoms with E-state index in [0.29, 0.717) is 32.3 Å². The van der Waals surface area contributed by atoms with Crippen LogP contribution in [0.3, 0.4) is 0 Å². The second-order valence-electron chi connectivity index (χ2n) is 6.27. The van der Waals surface area contributed by atoms with Crippen molar-refractivity contribution in [2.45, 2.75) is 19.1 Å². The maximum atomic E-state index is 13.0. The highest BCUT2D eigenvalue weighted by Gasteiger charge is 2.28. The minimum absolute atomic E-state index is 0. The predicted molar refractivity (Wildman–Crippen MR) is 92.8 cm³/mol. The molecule has 0 saturated carbocycles. The van der Waals surface area contributed by atoms with Gasteiger partial charge in [-0.25, -0.2) is 4.39 Å². The molecule has 0 spiro atoms. The fraction of sp³-hybridized carbons (Fsp3) is 0.588. The molecule has 2 fully saturated rings. The summed E-state index contributed by atoms with van der Waals surface area (Å²) in [5.41, 5.74) is 0.916. The van der Waals surface area contributed by atoms with E-state index in [1.165, 1.54) is 12.1 Å². The molecule has 1 aromatic rings. The van der Waals surface area contributed by atoms with Gasteiger partial charge in [-0.05, 0) is 24.6 Å². The van der Waals surface area contributed by atoms with Crippen molar-refractivity contribution in [3.05, 3.63) is 35.6 Å². The van der Waals surface area contributed by atoms with Crippen molar-refractivity contribution >= 4 is 18.3 Å². The summed E-state index contributed by atoms with van der Waals surface area (Å²) in [7, 11) is 0. The third kappa shape index (κ3) is 4.66. The maximum Gasteiger partial charge on any atom is 0.236 e. The smallest absolute Gasteiger partial charge is 0.236 e. The van der Waals surface area contributed by atoms with Crippen molar-refractivity contribution in [1.82, 2.24) is 15.1 Å². The molecule has 0 aliphatic carbocycles. The number of halogens is 2. The van der Waals surface area contributed by atoms with Crippen molar-refractivity contribution < 1.29 is 13.9 Å². The number of carbonyl (C=O) groups excluding carboxylic acids is 1. The molecule has 0 radical (unpaired) electrons. The summed E-state index contributed by atoms with van der Waals surface area (Å²) in [6.45, 7) is 7.03. The number of morpholine rings is 1. The third-order valence-corrected chi connectivity index (χ3v) is 4.64. The molecular formula is C17H25ClFN3O2. The number of amides is 1.